The summed E-state index contributed by atoms with van der Waals surface area (Å²) in [4.78, 5) is 14.3. The van der Waals surface area contributed by atoms with Crippen molar-refractivity contribution < 1.29 is 18.3 Å². The Labute approximate surface area is 128 Å². The first-order chi connectivity index (χ1) is 9.89. The van der Waals surface area contributed by atoms with Crippen LogP contribution in [0.25, 0.3) is 6.08 Å². The number of hydrogen-bond donors (Lipinski definition) is 2. The molecule has 1 unspecified atom stereocenters. The molecular weight excluding hydrogens is 312 g/mol. The molecule has 1 aromatic heterocycles. The summed E-state index contributed by atoms with van der Waals surface area (Å²) in [5, 5.41) is 8.57. The fraction of sp³-hybridized carbons (Fsp3) is 0.385. The quantitative estimate of drug-likeness (QED) is 0.703. The van der Waals surface area contributed by atoms with Gasteiger partial charge in [0.15, 0.2) is 0 Å². The van der Waals surface area contributed by atoms with E-state index in [4.69, 9.17) is 5.11 Å². The molecule has 1 aromatic rings. The number of carboxylic acid groups (broad SMARTS) is 1. The van der Waals surface area contributed by atoms with Crippen LogP contribution in [-0.2, 0) is 14.8 Å². The Hall–Kier alpha value is -1.38. The lowest BCUT2D eigenvalue weighted by molar-refractivity contribution is -0.131. The van der Waals surface area contributed by atoms with Crippen LogP contribution in [0.1, 0.15) is 18.9 Å². The second-order valence-corrected chi connectivity index (χ2v) is 6.93. The van der Waals surface area contributed by atoms with Crippen molar-refractivity contribution in [1.29, 1.82) is 0 Å². The van der Waals surface area contributed by atoms with Crippen LogP contribution in [0.5, 0.6) is 0 Å². The molecule has 116 valence electrons. The Kier molecular flexibility index (Phi) is 6.86. The van der Waals surface area contributed by atoms with Crippen molar-refractivity contribution in [2.75, 3.05) is 12.0 Å². The van der Waals surface area contributed by atoms with Gasteiger partial charge in [0.1, 0.15) is 4.90 Å². The number of aromatic nitrogens is 1. The first kappa shape index (κ1) is 17.7. The minimum Gasteiger partial charge on any atom is -0.478 e. The number of hydrogen-bond acceptors (Lipinski definition) is 5. The summed E-state index contributed by atoms with van der Waals surface area (Å²) < 4.78 is 27.2. The Morgan fingerprint density at radius 3 is 2.81 bits per heavy atom. The van der Waals surface area contributed by atoms with Gasteiger partial charge < -0.3 is 5.11 Å². The standard InChI is InChI=1S/C13H18N2O4S2/c1-3-11(9-20-2)15-21(18,19)12-6-10(7-14-8-12)4-5-13(16)17/h4-8,11,15H,3,9H2,1-2H3,(H,16,17)/b5-4+. The van der Waals surface area contributed by atoms with Crippen molar-refractivity contribution in [2.24, 2.45) is 0 Å². The van der Waals surface area contributed by atoms with Crippen LogP contribution in [0, 0.1) is 0 Å². The molecule has 0 spiro atoms. The van der Waals surface area contributed by atoms with E-state index in [1.54, 1.807) is 11.8 Å². The fourth-order valence-electron chi connectivity index (χ4n) is 1.57. The second kappa shape index (κ2) is 8.16. The average molecular weight is 330 g/mol. The summed E-state index contributed by atoms with van der Waals surface area (Å²) in [7, 11) is -3.66. The molecule has 0 aromatic carbocycles. The molecule has 0 saturated carbocycles. The molecule has 21 heavy (non-hydrogen) atoms. The van der Waals surface area contributed by atoms with Crippen LogP contribution in [0.3, 0.4) is 0 Å². The van der Waals surface area contributed by atoms with Gasteiger partial charge in [-0.25, -0.2) is 17.9 Å². The lowest BCUT2D eigenvalue weighted by atomic mass is 10.2. The van der Waals surface area contributed by atoms with Gasteiger partial charge in [-0.2, -0.15) is 11.8 Å². The van der Waals surface area contributed by atoms with Crippen LogP contribution >= 0.6 is 11.8 Å². The topological polar surface area (TPSA) is 96.4 Å². The number of thioether (sulfide) groups is 1. The van der Waals surface area contributed by atoms with E-state index in [9.17, 15) is 13.2 Å². The van der Waals surface area contributed by atoms with E-state index in [2.05, 4.69) is 9.71 Å². The van der Waals surface area contributed by atoms with Crippen LogP contribution in [0.2, 0.25) is 0 Å². The number of sulfonamides is 1. The summed E-state index contributed by atoms with van der Waals surface area (Å²) in [6.45, 7) is 1.91. The zero-order valence-electron chi connectivity index (χ0n) is 11.8. The Morgan fingerprint density at radius 2 is 2.24 bits per heavy atom. The van der Waals surface area contributed by atoms with E-state index in [0.717, 1.165) is 6.08 Å². The summed E-state index contributed by atoms with van der Waals surface area (Å²) in [5.74, 6) is -0.422. The molecule has 1 heterocycles. The predicted molar refractivity (Wildman–Crippen MR) is 83.7 cm³/mol. The van der Waals surface area contributed by atoms with Gasteiger partial charge in [-0.1, -0.05) is 6.92 Å². The lowest BCUT2D eigenvalue weighted by Gasteiger charge is -2.15. The molecule has 1 rings (SSSR count). The van der Waals surface area contributed by atoms with Gasteiger partial charge in [0.25, 0.3) is 0 Å². The van der Waals surface area contributed by atoms with E-state index in [1.807, 2.05) is 13.2 Å². The highest BCUT2D eigenvalue weighted by molar-refractivity contribution is 7.98. The third-order valence-corrected chi connectivity index (χ3v) is 4.87. The molecule has 0 amide bonds. The maximum absolute atomic E-state index is 12.3. The van der Waals surface area contributed by atoms with Gasteiger partial charge in [0, 0.05) is 30.3 Å². The van der Waals surface area contributed by atoms with E-state index in [1.165, 1.54) is 24.5 Å². The van der Waals surface area contributed by atoms with Crippen molar-refractivity contribution in [2.45, 2.75) is 24.3 Å². The minimum absolute atomic E-state index is 0.0228. The molecule has 0 bridgehead atoms. The van der Waals surface area contributed by atoms with E-state index in [0.29, 0.717) is 17.7 Å². The van der Waals surface area contributed by atoms with Gasteiger partial charge in [0.2, 0.25) is 10.0 Å². The molecule has 0 aliphatic rings. The number of rotatable bonds is 8. The molecular formula is C13H18N2O4S2. The van der Waals surface area contributed by atoms with E-state index in [-0.39, 0.29) is 10.9 Å². The molecule has 0 fully saturated rings. The fourth-order valence-corrected chi connectivity index (χ4v) is 3.71. The van der Waals surface area contributed by atoms with Crippen molar-refractivity contribution in [3.05, 3.63) is 30.1 Å². The molecule has 8 heteroatoms. The van der Waals surface area contributed by atoms with Gasteiger partial charge in [-0.3, -0.25) is 4.98 Å². The van der Waals surface area contributed by atoms with Crippen LogP contribution in [0.4, 0.5) is 0 Å². The minimum atomic E-state index is -3.66. The highest BCUT2D eigenvalue weighted by Gasteiger charge is 2.19. The molecule has 6 nitrogen and oxygen atoms in total. The van der Waals surface area contributed by atoms with Gasteiger partial charge >= 0.3 is 5.97 Å². The molecule has 0 aliphatic heterocycles. The summed E-state index contributed by atoms with van der Waals surface area (Å²) in [5.41, 5.74) is 0.415. The van der Waals surface area contributed by atoms with Gasteiger partial charge in [0.05, 0.1) is 0 Å². The number of aliphatic carboxylic acids is 1. The van der Waals surface area contributed by atoms with Crippen molar-refractivity contribution in [1.82, 2.24) is 9.71 Å². The maximum atomic E-state index is 12.3. The molecule has 0 saturated heterocycles. The first-order valence-electron chi connectivity index (χ1n) is 6.26. The zero-order chi connectivity index (χ0) is 15.9. The largest absolute Gasteiger partial charge is 0.478 e. The highest BCUT2D eigenvalue weighted by atomic mass is 32.2. The Bertz CT molecular complexity index is 614. The number of nitrogens with zero attached hydrogens (tertiary/aromatic N) is 1. The normalized spacial score (nSPS) is 13.4. The van der Waals surface area contributed by atoms with E-state index < -0.39 is 16.0 Å². The molecule has 0 radical (unpaired) electrons. The SMILES string of the molecule is CCC(CSC)NS(=O)(=O)c1cncc(/C=C/C(=O)O)c1. The second-order valence-electron chi connectivity index (χ2n) is 4.31. The van der Waals surface area contributed by atoms with Gasteiger partial charge in [-0.05, 0) is 30.4 Å². The third-order valence-electron chi connectivity index (χ3n) is 2.65. The van der Waals surface area contributed by atoms with Crippen molar-refractivity contribution in [3.63, 3.8) is 0 Å². The number of pyridine rings is 1. The summed E-state index contributed by atoms with van der Waals surface area (Å²) >= 11 is 1.57. The van der Waals surface area contributed by atoms with Crippen LogP contribution < -0.4 is 4.72 Å². The lowest BCUT2D eigenvalue weighted by Crippen LogP contribution is -2.36. The number of nitrogens with one attached hydrogen (secondary N) is 1. The van der Waals surface area contributed by atoms with Gasteiger partial charge in [-0.15, -0.1) is 0 Å². The highest BCUT2D eigenvalue weighted by Crippen LogP contribution is 2.13. The molecule has 0 aliphatic carbocycles. The van der Waals surface area contributed by atoms with Crippen LogP contribution in [0.15, 0.2) is 29.4 Å². The zero-order valence-corrected chi connectivity index (χ0v) is 13.4. The monoisotopic (exact) mass is 330 g/mol. The molecule has 1 atom stereocenters. The predicted octanol–water partition coefficient (Wildman–Crippen LogP) is 1.60. The summed E-state index contributed by atoms with van der Waals surface area (Å²) in [6, 6.07) is 1.24. The van der Waals surface area contributed by atoms with Crippen LogP contribution in [-0.4, -0.2) is 42.5 Å². The number of carbonyl (C=O) groups is 1. The maximum Gasteiger partial charge on any atom is 0.328 e. The third kappa shape index (κ3) is 5.86. The Morgan fingerprint density at radius 1 is 1.52 bits per heavy atom. The van der Waals surface area contributed by atoms with E-state index >= 15 is 0 Å². The van der Waals surface area contributed by atoms with Crippen molar-refractivity contribution in [3.8, 4) is 0 Å². The molecule has 2 N–H and O–H groups in total. The first-order valence-corrected chi connectivity index (χ1v) is 9.14. The smallest absolute Gasteiger partial charge is 0.328 e. The number of carboxylic acids is 1. The summed E-state index contributed by atoms with van der Waals surface area (Å²) in [6.07, 6.45) is 7.48. The Balaban J connectivity index is 2.98. The van der Waals surface area contributed by atoms with Crippen molar-refractivity contribution >= 4 is 33.8 Å². The average Bonchev–Trinajstić information content (AvgIpc) is 2.44.